The van der Waals surface area contributed by atoms with Crippen LogP contribution in [0.5, 0.6) is 0 Å². The predicted molar refractivity (Wildman–Crippen MR) is 57.5 cm³/mol. The van der Waals surface area contributed by atoms with E-state index in [1.54, 1.807) is 6.07 Å². The van der Waals surface area contributed by atoms with E-state index >= 15 is 0 Å². The highest BCUT2D eigenvalue weighted by Gasteiger charge is 2.10. The van der Waals surface area contributed by atoms with E-state index in [1.165, 1.54) is 6.07 Å². The Morgan fingerprint density at radius 1 is 1.36 bits per heavy atom. The Morgan fingerprint density at radius 2 is 2.21 bits per heavy atom. The SMILES string of the molecule is Fc1ccc(Br)cc1C1=CCOCC1. The molecule has 0 spiro atoms. The Bertz CT molecular complexity index is 374. The summed E-state index contributed by atoms with van der Waals surface area (Å²) in [5, 5.41) is 0. The van der Waals surface area contributed by atoms with E-state index < -0.39 is 0 Å². The third-order valence-corrected chi connectivity index (χ3v) is 2.73. The van der Waals surface area contributed by atoms with Crippen LogP contribution >= 0.6 is 15.9 Å². The Balaban J connectivity index is 2.39. The summed E-state index contributed by atoms with van der Waals surface area (Å²) in [5.74, 6) is -0.165. The molecule has 1 aromatic rings. The van der Waals surface area contributed by atoms with Crippen LogP contribution in [0, 0.1) is 5.82 Å². The first kappa shape index (κ1) is 9.87. The molecule has 74 valence electrons. The van der Waals surface area contributed by atoms with Gasteiger partial charge in [-0.15, -0.1) is 0 Å². The van der Waals surface area contributed by atoms with E-state index in [9.17, 15) is 4.39 Å². The molecule has 0 bridgehead atoms. The van der Waals surface area contributed by atoms with Crippen molar-refractivity contribution in [2.45, 2.75) is 6.42 Å². The average molecular weight is 257 g/mol. The zero-order chi connectivity index (χ0) is 9.97. The zero-order valence-electron chi connectivity index (χ0n) is 7.59. The van der Waals surface area contributed by atoms with Gasteiger partial charge in [0, 0.05) is 10.0 Å². The summed E-state index contributed by atoms with van der Waals surface area (Å²) in [5.41, 5.74) is 1.72. The Morgan fingerprint density at radius 3 is 2.93 bits per heavy atom. The second kappa shape index (κ2) is 4.24. The van der Waals surface area contributed by atoms with Crippen LogP contribution in [0.4, 0.5) is 4.39 Å². The van der Waals surface area contributed by atoms with Crippen molar-refractivity contribution < 1.29 is 9.13 Å². The van der Waals surface area contributed by atoms with E-state index in [2.05, 4.69) is 15.9 Å². The molecule has 0 N–H and O–H groups in total. The smallest absolute Gasteiger partial charge is 0.130 e. The van der Waals surface area contributed by atoms with E-state index in [4.69, 9.17) is 4.74 Å². The third-order valence-electron chi connectivity index (χ3n) is 2.24. The van der Waals surface area contributed by atoms with Gasteiger partial charge in [-0.2, -0.15) is 0 Å². The van der Waals surface area contributed by atoms with Crippen molar-refractivity contribution in [1.29, 1.82) is 0 Å². The Hall–Kier alpha value is -0.670. The summed E-state index contributed by atoms with van der Waals surface area (Å²) >= 11 is 3.34. The van der Waals surface area contributed by atoms with Crippen molar-refractivity contribution in [3.05, 3.63) is 40.1 Å². The second-order valence-electron chi connectivity index (χ2n) is 3.18. The predicted octanol–water partition coefficient (Wildman–Crippen LogP) is 3.39. The van der Waals surface area contributed by atoms with Gasteiger partial charge >= 0.3 is 0 Å². The number of hydrogen-bond acceptors (Lipinski definition) is 1. The molecule has 0 aromatic heterocycles. The lowest BCUT2D eigenvalue weighted by Crippen LogP contribution is -2.04. The third kappa shape index (κ3) is 2.04. The highest BCUT2D eigenvalue weighted by Crippen LogP contribution is 2.26. The molecule has 3 heteroatoms. The van der Waals surface area contributed by atoms with E-state index in [0.717, 1.165) is 16.5 Å². The molecule has 0 atom stereocenters. The van der Waals surface area contributed by atoms with Crippen LogP contribution in [0.15, 0.2) is 28.7 Å². The molecule has 14 heavy (non-hydrogen) atoms. The standard InChI is InChI=1S/C11H10BrFO/c12-9-1-2-11(13)10(7-9)8-3-5-14-6-4-8/h1-3,7H,4-6H2. The molecular formula is C11H10BrFO. The number of hydrogen-bond donors (Lipinski definition) is 0. The minimum Gasteiger partial charge on any atom is -0.377 e. The first-order chi connectivity index (χ1) is 6.77. The van der Waals surface area contributed by atoms with E-state index in [-0.39, 0.29) is 5.82 Å². The second-order valence-corrected chi connectivity index (χ2v) is 4.09. The fourth-order valence-corrected chi connectivity index (χ4v) is 1.88. The molecule has 1 aliphatic heterocycles. The summed E-state index contributed by atoms with van der Waals surface area (Å²) in [7, 11) is 0. The first-order valence-corrected chi connectivity index (χ1v) is 5.29. The molecule has 0 fully saturated rings. The molecule has 1 aromatic carbocycles. The van der Waals surface area contributed by atoms with Gasteiger partial charge in [-0.1, -0.05) is 22.0 Å². The van der Waals surface area contributed by atoms with Crippen LogP contribution in [-0.4, -0.2) is 13.2 Å². The van der Waals surface area contributed by atoms with Crippen molar-refractivity contribution in [3.8, 4) is 0 Å². The van der Waals surface area contributed by atoms with Gasteiger partial charge in [-0.05, 0) is 30.2 Å². The molecule has 1 heterocycles. The quantitative estimate of drug-likeness (QED) is 0.749. The van der Waals surface area contributed by atoms with Gasteiger partial charge in [0.15, 0.2) is 0 Å². The summed E-state index contributed by atoms with van der Waals surface area (Å²) < 4.78 is 19.5. The maximum absolute atomic E-state index is 13.5. The highest BCUT2D eigenvalue weighted by atomic mass is 79.9. The van der Waals surface area contributed by atoms with Crippen molar-refractivity contribution in [2.75, 3.05) is 13.2 Å². The number of benzene rings is 1. The lowest BCUT2D eigenvalue weighted by atomic mass is 10.0. The highest BCUT2D eigenvalue weighted by molar-refractivity contribution is 9.10. The molecule has 0 amide bonds. The summed E-state index contributed by atoms with van der Waals surface area (Å²) in [6, 6.07) is 5.00. The van der Waals surface area contributed by atoms with Gasteiger partial charge in [0.1, 0.15) is 5.82 Å². The van der Waals surface area contributed by atoms with Gasteiger partial charge in [0.2, 0.25) is 0 Å². The lowest BCUT2D eigenvalue weighted by molar-refractivity contribution is 0.161. The van der Waals surface area contributed by atoms with E-state index in [0.29, 0.717) is 18.8 Å². The number of rotatable bonds is 1. The molecule has 2 rings (SSSR count). The van der Waals surface area contributed by atoms with Gasteiger partial charge in [-0.25, -0.2) is 4.39 Å². The van der Waals surface area contributed by atoms with Crippen molar-refractivity contribution in [2.24, 2.45) is 0 Å². The maximum atomic E-state index is 13.5. The fraction of sp³-hybridized carbons (Fsp3) is 0.273. The summed E-state index contributed by atoms with van der Waals surface area (Å²) in [6.45, 7) is 1.26. The zero-order valence-corrected chi connectivity index (χ0v) is 9.18. The monoisotopic (exact) mass is 256 g/mol. The van der Waals surface area contributed by atoms with Crippen LogP contribution in [-0.2, 0) is 4.74 Å². The number of halogens is 2. The van der Waals surface area contributed by atoms with Crippen LogP contribution in [0.3, 0.4) is 0 Å². The van der Waals surface area contributed by atoms with Crippen molar-refractivity contribution >= 4 is 21.5 Å². The Labute approximate surface area is 90.7 Å². The van der Waals surface area contributed by atoms with Crippen LogP contribution in [0.2, 0.25) is 0 Å². The first-order valence-electron chi connectivity index (χ1n) is 4.49. The fourth-order valence-electron chi connectivity index (χ4n) is 1.52. The van der Waals surface area contributed by atoms with Crippen LogP contribution in [0.1, 0.15) is 12.0 Å². The van der Waals surface area contributed by atoms with Gasteiger partial charge < -0.3 is 4.74 Å². The molecule has 0 saturated carbocycles. The molecule has 0 radical (unpaired) electrons. The topological polar surface area (TPSA) is 9.23 Å². The maximum Gasteiger partial charge on any atom is 0.130 e. The molecular weight excluding hydrogens is 247 g/mol. The van der Waals surface area contributed by atoms with Gasteiger partial charge in [0.25, 0.3) is 0 Å². The van der Waals surface area contributed by atoms with Crippen LogP contribution in [0.25, 0.3) is 5.57 Å². The number of ether oxygens (including phenoxy) is 1. The average Bonchev–Trinajstić information content (AvgIpc) is 2.23. The summed E-state index contributed by atoms with van der Waals surface area (Å²) in [6.07, 6.45) is 2.72. The molecule has 0 aliphatic carbocycles. The minimum absolute atomic E-state index is 0.165. The van der Waals surface area contributed by atoms with Crippen molar-refractivity contribution in [1.82, 2.24) is 0 Å². The summed E-state index contributed by atoms with van der Waals surface area (Å²) in [4.78, 5) is 0. The lowest BCUT2D eigenvalue weighted by Gasteiger charge is -2.14. The Kier molecular flexibility index (Phi) is 2.99. The normalized spacial score (nSPS) is 16.6. The molecule has 1 aliphatic rings. The largest absolute Gasteiger partial charge is 0.377 e. The van der Waals surface area contributed by atoms with Gasteiger partial charge in [0.05, 0.1) is 13.2 Å². The molecule has 0 unspecified atom stereocenters. The van der Waals surface area contributed by atoms with Crippen LogP contribution < -0.4 is 0 Å². The van der Waals surface area contributed by atoms with Gasteiger partial charge in [-0.3, -0.25) is 0 Å². The minimum atomic E-state index is -0.165. The van der Waals surface area contributed by atoms with E-state index in [1.807, 2.05) is 12.1 Å². The van der Waals surface area contributed by atoms with Crippen molar-refractivity contribution in [3.63, 3.8) is 0 Å². The molecule has 1 nitrogen and oxygen atoms in total. The molecule has 0 saturated heterocycles.